The van der Waals surface area contributed by atoms with Crippen LogP contribution in [0.3, 0.4) is 0 Å². The molecule has 0 saturated heterocycles. The smallest absolute Gasteiger partial charge is 0.180 e. The monoisotopic (exact) mass is 258 g/mol. The molecule has 0 spiro atoms. The van der Waals surface area contributed by atoms with Gasteiger partial charge >= 0.3 is 0 Å². The lowest BCUT2D eigenvalue weighted by Crippen LogP contribution is -2.20. The quantitative estimate of drug-likeness (QED) is 0.917. The number of ketones is 1. The standard InChI is InChI=1S/C14H14N2OS/c15-14-16-11(8-18-14)7-12(17)6-10-5-9-3-1-2-4-13(9)10/h1-4,8,10H,5-7H2,(H2,15,16). The van der Waals surface area contributed by atoms with Crippen molar-refractivity contribution >= 4 is 22.3 Å². The number of thiazole rings is 1. The van der Waals surface area contributed by atoms with Crippen molar-refractivity contribution in [3.05, 3.63) is 46.5 Å². The second-order valence-corrected chi connectivity index (χ2v) is 5.59. The molecule has 1 aliphatic carbocycles. The van der Waals surface area contributed by atoms with E-state index in [-0.39, 0.29) is 5.78 Å². The van der Waals surface area contributed by atoms with Crippen LogP contribution in [0.2, 0.25) is 0 Å². The van der Waals surface area contributed by atoms with Crippen molar-refractivity contribution in [1.29, 1.82) is 0 Å². The van der Waals surface area contributed by atoms with Crippen molar-refractivity contribution in [2.45, 2.75) is 25.2 Å². The van der Waals surface area contributed by atoms with Crippen molar-refractivity contribution in [2.75, 3.05) is 5.73 Å². The Balaban J connectivity index is 1.60. The number of hydrogen-bond acceptors (Lipinski definition) is 4. The molecule has 2 aromatic rings. The van der Waals surface area contributed by atoms with E-state index in [0.717, 1.165) is 12.1 Å². The average Bonchev–Trinajstić information content (AvgIpc) is 2.72. The summed E-state index contributed by atoms with van der Waals surface area (Å²) in [7, 11) is 0. The van der Waals surface area contributed by atoms with E-state index in [9.17, 15) is 4.79 Å². The Bertz CT molecular complexity index is 591. The average molecular weight is 258 g/mol. The van der Waals surface area contributed by atoms with Gasteiger partial charge in [0.1, 0.15) is 5.78 Å². The third kappa shape index (κ3) is 2.16. The van der Waals surface area contributed by atoms with Crippen molar-refractivity contribution in [1.82, 2.24) is 4.98 Å². The fourth-order valence-corrected chi connectivity index (χ4v) is 3.06. The van der Waals surface area contributed by atoms with Crippen LogP contribution < -0.4 is 5.73 Å². The zero-order valence-electron chi connectivity index (χ0n) is 9.93. The van der Waals surface area contributed by atoms with Crippen LogP contribution >= 0.6 is 11.3 Å². The number of benzene rings is 1. The molecule has 1 heterocycles. The van der Waals surface area contributed by atoms with E-state index in [1.807, 2.05) is 11.4 Å². The number of carbonyl (C=O) groups is 1. The number of aromatic nitrogens is 1. The van der Waals surface area contributed by atoms with Crippen LogP contribution in [-0.2, 0) is 17.6 Å². The Hall–Kier alpha value is -1.68. The number of Topliss-reactive ketones (excluding diaryl/α,β-unsaturated/α-hetero) is 1. The molecule has 0 radical (unpaired) electrons. The number of rotatable bonds is 4. The fourth-order valence-electron chi connectivity index (χ4n) is 2.50. The predicted octanol–water partition coefficient (Wildman–Crippen LogP) is 2.57. The Morgan fingerprint density at radius 1 is 1.44 bits per heavy atom. The third-order valence-electron chi connectivity index (χ3n) is 3.38. The van der Waals surface area contributed by atoms with E-state index in [1.165, 1.54) is 22.5 Å². The number of carbonyl (C=O) groups excluding carboxylic acids is 1. The first kappa shape index (κ1) is 11.4. The number of fused-ring (bicyclic) bond motifs is 1. The summed E-state index contributed by atoms with van der Waals surface area (Å²) in [5.41, 5.74) is 9.07. The van der Waals surface area contributed by atoms with E-state index in [2.05, 4.69) is 23.2 Å². The van der Waals surface area contributed by atoms with E-state index < -0.39 is 0 Å². The molecule has 4 heteroatoms. The Morgan fingerprint density at radius 3 is 3.00 bits per heavy atom. The molecular formula is C14H14N2OS. The normalized spacial score (nSPS) is 17.0. The molecule has 0 aliphatic heterocycles. The second-order valence-electron chi connectivity index (χ2n) is 4.70. The Labute approximate surface area is 110 Å². The maximum atomic E-state index is 12.0. The van der Waals surface area contributed by atoms with Crippen LogP contribution in [0.15, 0.2) is 29.6 Å². The van der Waals surface area contributed by atoms with Crippen molar-refractivity contribution in [2.24, 2.45) is 0 Å². The molecule has 3 rings (SSSR count). The van der Waals surface area contributed by atoms with Gasteiger partial charge in [-0.05, 0) is 23.5 Å². The highest BCUT2D eigenvalue weighted by atomic mass is 32.1. The lowest BCUT2D eigenvalue weighted by atomic mass is 9.75. The SMILES string of the molecule is Nc1nc(CC(=O)CC2Cc3ccccc32)cs1. The van der Waals surface area contributed by atoms with Gasteiger partial charge in [0, 0.05) is 18.2 Å². The van der Waals surface area contributed by atoms with Crippen LogP contribution in [0.25, 0.3) is 0 Å². The van der Waals surface area contributed by atoms with Crippen LogP contribution in [0.1, 0.15) is 29.2 Å². The second kappa shape index (κ2) is 4.53. The van der Waals surface area contributed by atoms with Gasteiger partial charge < -0.3 is 5.73 Å². The molecule has 0 bridgehead atoms. The van der Waals surface area contributed by atoms with Gasteiger partial charge in [-0.2, -0.15) is 0 Å². The van der Waals surface area contributed by atoms with E-state index in [4.69, 9.17) is 5.73 Å². The molecule has 1 unspecified atom stereocenters. The van der Waals surface area contributed by atoms with Crippen LogP contribution in [0.5, 0.6) is 0 Å². The highest BCUT2D eigenvalue weighted by molar-refractivity contribution is 7.13. The minimum absolute atomic E-state index is 0.250. The zero-order chi connectivity index (χ0) is 12.5. The number of nitrogens with two attached hydrogens (primary N) is 1. The van der Waals surface area contributed by atoms with Gasteiger partial charge in [-0.1, -0.05) is 24.3 Å². The summed E-state index contributed by atoms with van der Waals surface area (Å²) in [4.78, 5) is 16.1. The largest absolute Gasteiger partial charge is 0.375 e. The zero-order valence-corrected chi connectivity index (χ0v) is 10.7. The summed E-state index contributed by atoms with van der Waals surface area (Å²) in [5, 5.41) is 2.40. The molecule has 2 N–H and O–H groups in total. The summed E-state index contributed by atoms with van der Waals surface area (Å²) < 4.78 is 0. The Morgan fingerprint density at radius 2 is 2.28 bits per heavy atom. The fraction of sp³-hybridized carbons (Fsp3) is 0.286. The maximum Gasteiger partial charge on any atom is 0.180 e. The van der Waals surface area contributed by atoms with E-state index in [0.29, 0.717) is 23.9 Å². The summed E-state index contributed by atoms with van der Waals surface area (Å²) in [6, 6.07) is 8.35. The van der Waals surface area contributed by atoms with Gasteiger partial charge in [-0.3, -0.25) is 4.79 Å². The minimum atomic E-state index is 0.250. The van der Waals surface area contributed by atoms with Gasteiger partial charge in [0.05, 0.1) is 5.69 Å². The Kier molecular flexibility index (Phi) is 2.88. The van der Waals surface area contributed by atoms with Gasteiger partial charge in [0.15, 0.2) is 5.13 Å². The van der Waals surface area contributed by atoms with Gasteiger partial charge in [-0.15, -0.1) is 11.3 Å². The molecule has 1 aliphatic rings. The molecule has 92 valence electrons. The maximum absolute atomic E-state index is 12.0. The minimum Gasteiger partial charge on any atom is -0.375 e. The van der Waals surface area contributed by atoms with Gasteiger partial charge in [0.2, 0.25) is 0 Å². The number of anilines is 1. The summed E-state index contributed by atoms with van der Waals surface area (Å²) in [6.07, 6.45) is 2.06. The molecular weight excluding hydrogens is 244 g/mol. The summed E-state index contributed by atoms with van der Waals surface area (Å²) >= 11 is 1.39. The predicted molar refractivity (Wildman–Crippen MR) is 72.7 cm³/mol. The molecule has 1 aromatic heterocycles. The summed E-state index contributed by atoms with van der Waals surface area (Å²) in [6.45, 7) is 0. The van der Waals surface area contributed by atoms with Crippen molar-refractivity contribution in [3.8, 4) is 0 Å². The van der Waals surface area contributed by atoms with Crippen LogP contribution in [0, 0.1) is 0 Å². The molecule has 1 aromatic carbocycles. The highest BCUT2D eigenvalue weighted by Crippen LogP contribution is 2.37. The summed E-state index contributed by atoms with van der Waals surface area (Å²) in [5.74, 6) is 0.657. The highest BCUT2D eigenvalue weighted by Gasteiger charge is 2.27. The van der Waals surface area contributed by atoms with Crippen molar-refractivity contribution < 1.29 is 4.79 Å². The molecule has 1 atom stereocenters. The first-order valence-corrected chi connectivity index (χ1v) is 6.89. The lowest BCUT2D eigenvalue weighted by Gasteiger charge is -2.29. The van der Waals surface area contributed by atoms with Gasteiger partial charge in [0.25, 0.3) is 0 Å². The third-order valence-corrected chi connectivity index (χ3v) is 4.11. The number of nitrogens with zero attached hydrogens (tertiary/aromatic N) is 1. The molecule has 0 amide bonds. The molecule has 0 saturated carbocycles. The van der Waals surface area contributed by atoms with E-state index >= 15 is 0 Å². The molecule has 18 heavy (non-hydrogen) atoms. The van der Waals surface area contributed by atoms with Gasteiger partial charge in [-0.25, -0.2) is 4.98 Å². The number of hydrogen-bond donors (Lipinski definition) is 1. The first-order valence-electron chi connectivity index (χ1n) is 6.02. The number of nitrogen functional groups attached to an aromatic ring is 1. The van der Waals surface area contributed by atoms with Crippen LogP contribution in [-0.4, -0.2) is 10.8 Å². The van der Waals surface area contributed by atoms with Crippen molar-refractivity contribution in [3.63, 3.8) is 0 Å². The van der Waals surface area contributed by atoms with E-state index in [1.54, 1.807) is 0 Å². The first-order chi connectivity index (χ1) is 8.72. The lowest BCUT2D eigenvalue weighted by molar-refractivity contribution is -0.118. The molecule has 0 fully saturated rings. The topological polar surface area (TPSA) is 56.0 Å². The van der Waals surface area contributed by atoms with Crippen LogP contribution in [0.4, 0.5) is 5.13 Å². The molecule has 3 nitrogen and oxygen atoms in total.